The SMILES string of the molecule is CC(=O)c1ccc(-c2ccc(-c3csc(NC(=O)CC4CCC(C(=O)O)CC4)c3)cc2)cc1. The van der Waals surface area contributed by atoms with E-state index < -0.39 is 5.97 Å². The van der Waals surface area contributed by atoms with Crippen LogP contribution in [-0.4, -0.2) is 22.8 Å². The molecule has 0 radical (unpaired) electrons. The lowest BCUT2D eigenvalue weighted by Crippen LogP contribution is -2.24. The van der Waals surface area contributed by atoms with Gasteiger partial charge in [-0.15, -0.1) is 11.3 Å². The number of ketones is 1. The standard InChI is InChI=1S/C27H27NO4S/c1-17(29)19-6-8-20(9-7-19)21-10-12-22(13-11-21)24-15-26(33-16-24)28-25(30)14-18-2-4-23(5-3-18)27(31)32/h6-13,15-16,18,23H,2-5,14H2,1H3,(H,28,30)(H,31,32). The minimum Gasteiger partial charge on any atom is -0.481 e. The van der Waals surface area contributed by atoms with Gasteiger partial charge in [0, 0.05) is 17.4 Å². The zero-order valence-corrected chi connectivity index (χ0v) is 19.4. The quantitative estimate of drug-likeness (QED) is 0.393. The predicted molar refractivity (Wildman–Crippen MR) is 132 cm³/mol. The normalized spacial score (nSPS) is 18.0. The summed E-state index contributed by atoms with van der Waals surface area (Å²) < 4.78 is 0. The minimum atomic E-state index is -0.720. The van der Waals surface area contributed by atoms with E-state index in [1.807, 2.05) is 35.7 Å². The number of hydrogen-bond acceptors (Lipinski definition) is 4. The molecule has 6 heteroatoms. The molecule has 1 saturated carbocycles. The average molecular weight is 462 g/mol. The molecule has 1 aliphatic carbocycles. The van der Waals surface area contributed by atoms with E-state index in [1.165, 1.54) is 11.3 Å². The molecular formula is C27H27NO4S. The van der Waals surface area contributed by atoms with Crippen LogP contribution in [0.2, 0.25) is 0 Å². The topological polar surface area (TPSA) is 83.5 Å². The molecule has 1 heterocycles. The molecule has 1 aliphatic rings. The summed E-state index contributed by atoms with van der Waals surface area (Å²) in [6.07, 6.45) is 3.35. The number of carboxylic acid groups (broad SMARTS) is 1. The molecule has 170 valence electrons. The van der Waals surface area contributed by atoms with Gasteiger partial charge < -0.3 is 10.4 Å². The van der Waals surface area contributed by atoms with Gasteiger partial charge in [-0.25, -0.2) is 0 Å². The lowest BCUT2D eigenvalue weighted by molar-refractivity contribution is -0.143. The third-order valence-electron chi connectivity index (χ3n) is 6.38. The van der Waals surface area contributed by atoms with Gasteiger partial charge in [0.25, 0.3) is 0 Å². The van der Waals surface area contributed by atoms with Crippen molar-refractivity contribution in [3.63, 3.8) is 0 Å². The maximum Gasteiger partial charge on any atom is 0.306 e. The van der Waals surface area contributed by atoms with Crippen molar-refractivity contribution in [3.05, 3.63) is 65.5 Å². The number of carbonyl (C=O) groups excluding carboxylic acids is 2. The number of carboxylic acids is 1. The van der Waals surface area contributed by atoms with Crippen molar-refractivity contribution in [2.45, 2.75) is 39.0 Å². The Balaban J connectivity index is 1.34. The van der Waals surface area contributed by atoms with E-state index in [1.54, 1.807) is 6.92 Å². The van der Waals surface area contributed by atoms with E-state index in [0.717, 1.165) is 40.1 Å². The number of carbonyl (C=O) groups is 3. The summed E-state index contributed by atoms with van der Waals surface area (Å²) in [6.45, 7) is 1.56. The van der Waals surface area contributed by atoms with Crippen LogP contribution in [0.4, 0.5) is 5.00 Å². The van der Waals surface area contributed by atoms with E-state index >= 15 is 0 Å². The Morgan fingerprint density at radius 3 is 1.97 bits per heavy atom. The maximum atomic E-state index is 12.5. The number of hydrogen-bond donors (Lipinski definition) is 2. The third-order valence-corrected chi connectivity index (χ3v) is 7.22. The molecular weight excluding hydrogens is 434 g/mol. The molecule has 0 atom stereocenters. The fraction of sp³-hybridized carbons (Fsp3) is 0.296. The van der Waals surface area contributed by atoms with Gasteiger partial charge in [-0.1, -0.05) is 48.5 Å². The highest BCUT2D eigenvalue weighted by Crippen LogP contribution is 2.33. The van der Waals surface area contributed by atoms with E-state index in [2.05, 4.69) is 29.6 Å². The summed E-state index contributed by atoms with van der Waals surface area (Å²) in [7, 11) is 0. The first-order chi connectivity index (χ1) is 15.9. The van der Waals surface area contributed by atoms with Gasteiger partial charge in [0.1, 0.15) is 0 Å². The molecule has 0 aliphatic heterocycles. The molecule has 0 saturated heterocycles. The number of thiophene rings is 1. The van der Waals surface area contributed by atoms with Crippen molar-refractivity contribution in [1.82, 2.24) is 0 Å². The lowest BCUT2D eigenvalue weighted by atomic mass is 9.80. The summed E-state index contributed by atoms with van der Waals surface area (Å²) in [5.74, 6) is -0.662. The Hall–Kier alpha value is -3.25. The van der Waals surface area contributed by atoms with Crippen LogP contribution in [0, 0.1) is 11.8 Å². The molecule has 0 spiro atoms. The first-order valence-corrected chi connectivity index (χ1v) is 12.1. The van der Waals surface area contributed by atoms with Crippen LogP contribution in [0.25, 0.3) is 22.3 Å². The largest absolute Gasteiger partial charge is 0.481 e. The van der Waals surface area contributed by atoms with Gasteiger partial charge in [0.15, 0.2) is 5.78 Å². The molecule has 1 amide bonds. The zero-order valence-electron chi connectivity index (χ0n) is 18.5. The molecule has 0 unspecified atom stereocenters. The van der Waals surface area contributed by atoms with Crippen LogP contribution in [0.5, 0.6) is 0 Å². The monoisotopic (exact) mass is 461 g/mol. The maximum absolute atomic E-state index is 12.5. The third kappa shape index (κ3) is 5.76. The van der Waals surface area contributed by atoms with Crippen molar-refractivity contribution >= 4 is 34.0 Å². The second-order valence-corrected chi connectivity index (χ2v) is 9.63. The number of Topliss-reactive ketones (excluding diaryl/α,β-unsaturated/α-hetero) is 1. The molecule has 2 aromatic carbocycles. The van der Waals surface area contributed by atoms with E-state index in [-0.39, 0.29) is 23.5 Å². The van der Waals surface area contributed by atoms with Gasteiger partial charge in [-0.3, -0.25) is 14.4 Å². The fourth-order valence-electron chi connectivity index (χ4n) is 4.37. The minimum absolute atomic E-state index is 0.00784. The summed E-state index contributed by atoms with van der Waals surface area (Å²) in [5.41, 5.74) is 4.96. The summed E-state index contributed by atoms with van der Waals surface area (Å²) in [5, 5.41) is 15.0. The Kier molecular flexibility index (Phi) is 7.04. The highest BCUT2D eigenvalue weighted by molar-refractivity contribution is 7.14. The Morgan fingerprint density at radius 2 is 1.42 bits per heavy atom. The summed E-state index contributed by atoms with van der Waals surface area (Å²) >= 11 is 1.50. The number of benzene rings is 2. The van der Waals surface area contributed by atoms with Crippen molar-refractivity contribution in [1.29, 1.82) is 0 Å². The van der Waals surface area contributed by atoms with Crippen LogP contribution in [0.15, 0.2) is 60.0 Å². The number of aliphatic carboxylic acids is 1. The van der Waals surface area contributed by atoms with Crippen LogP contribution in [-0.2, 0) is 9.59 Å². The molecule has 5 nitrogen and oxygen atoms in total. The number of anilines is 1. The van der Waals surface area contributed by atoms with E-state index in [4.69, 9.17) is 5.11 Å². The van der Waals surface area contributed by atoms with Crippen molar-refractivity contribution < 1.29 is 19.5 Å². The summed E-state index contributed by atoms with van der Waals surface area (Å²) in [6, 6.07) is 17.8. The molecule has 2 N–H and O–H groups in total. The number of nitrogens with one attached hydrogen (secondary N) is 1. The van der Waals surface area contributed by atoms with Crippen molar-refractivity contribution in [3.8, 4) is 22.3 Å². The second kappa shape index (κ2) is 10.1. The van der Waals surface area contributed by atoms with Crippen LogP contribution in [0.3, 0.4) is 0 Å². The average Bonchev–Trinajstić information content (AvgIpc) is 3.28. The Labute approximate surface area is 197 Å². The first kappa shape index (κ1) is 22.9. The first-order valence-electron chi connectivity index (χ1n) is 11.2. The van der Waals surface area contributed by atoms with Crippen LogP contribution < -0.4 is 5.32 Å². The second-order valence-electron chi connectivity index (χ2n) is 8.72. The van der Waals surface area contributed by atoms with Gasteiger partial charge in [0.05, 0.1) is 10.9 Å². The van der Waals surface area contributed by atoms with Crippen molar-refractivity contribution in [2.75, 3.05) is 5.32 Å². The van der Waals surface area contributed by atoms with Gasteiger partial charge in [-0.05, 0) is 66.8 Å². The molecule has 0 bridgehead atoms. The fourth-order valence-corrected chi connectivity index (χ4v) is 5.20. The molecule has 3 aromatic rings. The molecule has 1 fully saturated rings. The van der Waals surface area contributed by atoms with Crippen LogP contribution >= 0.6 is 11.3 Å². The Morgan fingerprint density at radius 1 is 0.879 bits per heavy atom. The van der Waals surface area contributed by atoms with E-state index in [0.29, 0.717) is 24.8 Å². The predicted octanol–water partition coefficient (Wildman–Crippen LogP) is 6.50. The lowest BCUT2D eigenvalue weighted by Gasteiger charge is -2.25. The van der Waals surface area contributed by atoms with Gasteiger partial charge >= 0.3 is 5.97 Å². The Bertz CT molecular complexity index is 1140. The zero-order chi connectivity index (χ0) is 23.4. The molecule has 1 aromatic heterocycles. The number of rotatable bonds is 7. The smallest absolute Gasteiger partial charge is 0.306 e. The molecule has 33 heavy (non-hydrogen) atoms. The van der Waals surface area contributed by atoms with E-state index in [9.17, 15) is 14.4 Å². The highest BCUT2D eigenvalue weighted by Gasteiger charge is 2.27. The van der Waals surface area contributed by atoms with Gasteiger partial charge in [-0.2, -0.15) is 0 Å². The van der Waals surface area contributed by atoms with Crippen molar-refractivity contribution in [2.24, 2.45) is 11.8 Å². The highest BCUT2D eigenvalue weighted by atomic mass is 32.1. The summed E-state index contributed by atoms with van der Waals surface area (Å²) in [4.78, 5) is 35.0. The molecule has 4 rings (SSSR count). The number of amides is 1. The van der Waals surface area contributed by atoms with Crippen LogP contribution in [0.1, 0.15) is 49.4 Å². The van der Waals surface area contributed by atoms with Gasteiger partial charge in [0.2, 0.25) is 5.91 Å².